The number of hydroxylamine groups is 1. The summed E-state index contributed by atoms with van der Waals surface area (Å²) in [6.45, 7) is 0.372. The second-order valence-electron chi connectivity index (χ2n) is 1.29. The molecule has 0 spiro atoms. The van der Waals surface area contributed by atoms with E-state index in [0.717, 1.165) is 4.74 Å². The molecular weight excluding hydrogens is 92.1 g/mol. The van der Waals surface area contributed by atoms with E-state index in [1.54, 1.807) is 12.3 Å². The molecule has 0 aliphatic carbocycles. The van der Waals surface area contributed by atoms with E-state index >= 15 is 0 Å². The summed E-state index contributed by atoms with van der Waals surface area (Å²) < 4.78 is 0.819. The first-order chi connectivity index (χ1) is 3.39. The molecule has 0 aromatic heterocycles. The Hall–Kier alpha value is -0.990. The fourth-order valence-electron chi connectivity index (χ4n) is 0.402. The lowest BCUT2D eigenvalue weighted by atomic mass is 10.6. The fraction of sp³-hybridized carbons (Fsp3) is 0.250. The van der Waals surface area contributed by atoms with E-state index < -0.39 is 0 Å². The summed E-state index contributed by atoms with van der Waals surface area (Å²) in [5, 5.41) is 12.9. The summed E-state index contributed by atoms with van der Waals surface area (Å²) in [7, 11) is 0. The van der Waals surface area contributed by atoms with Gasteiger partial charge < -0.3 is 10.5 Å². The average molecular weight is 98.1 g/mol. The van der Waals surface area contributed by atoms with Crippen LogP contribution in [-0.2, 0) is 0 Å². The molecular formula is C4H6N2O. The van der Waals surface area contributed by atoms with Crippen molar-refractivity contribution < 1.29 is 4.74 Å². The van der Waals surface area contributed by atoms with Crippen LogP contribution in [-0.4, -0.2) is 17.6 Å². The van der Waals surface area contributed by atoms with E-state index in [9.17, 15) is 5.21 Å². The number of allylic oxidation sites excluding steroid dienone is 1. The molecule has 1 rings (SSSR count). The summed E-state index contributed by atoms with van der Waals surface area (Å²) in [6.07, 6.45) is 4.86. The molecule has 7 heavy (non-hydrogen) atoms. The minimum Gasteiger partial charge on any atom is -0.622 e. The lowest BCUT2D eigenvalue weighted by Gasteiger charge is -2.04. The zero-order valence-corrected chi connectivity index (χ0v) is 3.79. The topological polar surface area (TPSA) is 38.1 Å². The van der Waals surface area contributed by atoms with Gasteiger partial charge in [-0.15, -0.1) is 0 Å². The smallest absolute Gasteiger partial charge is 0.226 e. The molecule has 0 aromatic carbocycles. The molecule has 0 fully saturated rings. The van der Waals surface area contributed by atoms with Gasteiger partial charge in [-0.25, -0.2) is 0 Å². The largest absolute Gasteiger partial charge is 0.622 e. The van der Waals surface area contributed by atoms with E-state index in [1.165, 1.54) is 6.21 Å². The zero-order chi connectivity index (χ0) is 5.11. The second kappa shape index (κ2) is 1.64. The first-order valence-corrected chi connectivity index (χ1v) is 2.07. The van der Waals surface area contributed by atoms with Crippen molar-refractivity contribution in [3.8, 4) is 0 Å². The number of nitrogens with zero attached hydrogens (tertiary/aromatic N) is 1. The average Bonchev–Trinajstić information content (AvgIpc) is 1.69. The van der Waals surface area contributed by atoms with Crippen LogP contribution in [0.3, 0.4) is 0 Å². The van der Waals surface area contributed by atoms with Gasteiger partial charge in [-0.05, 0) is 0 Å². The third-order valence-electron chi connectivity index (χ3n) is 0.714. The Morgan fingerprint density at radius 1 is 1.71 bits per heavy atom. The van der Waals surface area contributed by atoms with Gasteiger partial charge in [-0.2, -0.15) is 4.74 Å². The highest BCUT2D eigenvalue weighted by Crippen LogP contribution is 1.73. The maximum Gasteiger partial charge on any atom is 0.226 e. The minimum absolute atomic E-state index is 0.372. The Labute approximate surface area is 41.5 Å². The molecule has 1 N–H and O–H groups in total. The molecule has 1 heterocycles. The Bertz CT molecular complexity index is 117. The first kappa shape index (κ1) is 4.18. The maximum absolute atomic E-state index is 10.2. The van der Waals surface area contributed by atoms with Crippen molar-refractivity contribution in [2.45, 2.75) is 0 Å². The number of rotatable bonds is 0. The fourth-order valence-corrected chi connectivity index (χ4v) is 0.402. The minimum atomic E-state index is 0.372. The van der Waals surface area contributed by atoms with Crippen molar-refractivity contribution >= 4 is 6.21 Å². The lowest BCUT2D eigenvalue weighted by Crippen LogP contribution is -2.21. The van der Waals surface area contributed by atoms with Crippen molar-refractivity contribution in [2.75, 3.05) is 6.67 Å². The predicted octanol–water partition coefficient (Wildman–Crippen LogP) is -0.358. The Morgan fingerprint density at radius 2 is 2.57 bits per heavy atom. The van der Waals surface area contributed by atoms with Crippen LogP contribution in [0.1, 0.15) is 0 Å². The van der Waals surface area contributed by atoms with Gasteiger partial charge >= 0.3 is 0 Å². The van der Waals surface area contributed by atoms with Crippen LogP contribution in [0.25, 0.3) is 0 Å². The van der Waals surface area contributed by atoms with Gasteiger partial charge in [-0.3, -0.25) is 0 Å². The normalized spacial score (nSPS) is 18.0. The third-order valence-corrected chi connectivity index (χ3v) is 0.714. The Kier molecular flexibility index (Phi) is 0.978. The van der Waals surface area contributed by atoms with E-state index in [2.05, 4.69) is 5.32 Å². The molecule has 3 nitrogen and oxygen atoms in total. The van der Waals surface area contributed by atoms with Crippen LogP contribution in [0, 0.1) is 5.21 Å². The first-order valence-electron chi connectivity index (χ1n) is 2.07. The predicted molar refractivity (Wildman–Crippen MR) is 26.8 cm³/mol. The van der Waals surface area contributed by atoms with Crippen LogP contribution < -0.4 is 5.32 Å². The highest BCUT2D eigenvalue weighted by molar-refractivity contribution is 5.66. The molecule has 1 aliphatic heterocycles. The quantitative estimate of drug-likeness (QED) is 0.332. The van der Waals surface area contributed by atoms with Crippen molar-refractivity contribution in [1.82, 2.24) is 5.32 Å². The van der Waals surface area contributed by atoms with Crippen LogP contribution >= 0.6 is 0 Å². The molecule has 0 unspecified atom stereocenters. The van der Waals surface area contributed by atoms with Gasteiger partial charge in [0.25, 0.3) is 0 Å². The van der Waals surface area contributed by atoms with Crippen molar-refractivity contribution in [2.24, 2.45) is 0 Å². The van der Waals surface area contributed by atoms with E-state index in [4.69, 9.17) is 0 Å². The number of hydrogen-bond acceptors (Lipinski definition) is 2. The second-order valence-corrected chi connectivity index (χ2v) is 1.29. The molecule has 0 atom stereocenters. The summed E-state index contributed by atoms with van der Waals surface area (Å²) in [5.74, 6) is 0. The van der Waals surface area contributed by atoms with E-state index in [1.807, 2.05) is 0 Å². The van der Waals surface area contributed by atoms with Gasteiger partial charge in [0, 0.05) is 12.3 Å². The van der Waals surface area contributed by atoms with Crippen molar-refractivity contribution in [3.05, 3.63) is 17.5 Å². The molecule has 38 valence electrons. The summed E-state index contributed by atoms with van der Waals surface area (Å²) >= 11 is 0. The van der Waals surface area contributed by atoms with E-state index in [-0.39, 0.29) is 0 Å². The van der Waals surface area contributed by atoms with Gasteiger partial charge in [0.1, 0.15) is 0 Å². The van der Waals surface area contributed by atoms with Crippen LogP contribution in [0.2, 0.25) is 0 Å². The van der Waals surface area contributed by atoms with Gasteiger partial charge in [-0.1, -0.05) is 0 Å². The van der Waals surface area contributed by atoms with Gasteiger partial charge in [0.2, 0.25) is 6.67 Å². The summed E-state index contributed by atoms with van der Waals surface area (Å²) in [6, 6.07) is 0. The third kappa shape index (κ3) is 0.924. The molecule has 1 aliphatic rings. The lowest BCUT2D eigenvalue weighted by molar-refractivity contribution is -0.457. The molecule has 0 bridgehead atoms. The van der Waals surface area contributed by atoms with Crippen molar-refractivity contribution in [1.29, 1.82) is 0 Å². The number of hydrogen-bond donors (Lipinski definition) is 1. The number of nitrogens with one attached hydrogen (secondary N) is 1. The van der Waals surface area contributed by atoms with Gasteiger partial charge in [0.05, 0.1) is 0 Å². The Morgan fingerprint density at radius 3 is 2.86 bits per heavy atom. The molecule has 0 aromatic rings. The zero-order valence-electron chi connectivity index (χ0n) is 3.79. The molecule has 0 amide bonds. The maximum atomic E-state index is 10.2. The van der Waals surface area contributed by atoms with Gasteiger partial charge in [0.15, 0.2) is 6.21 Å². The highest BCUT2D eigenvalue weighted by atomic mass is 16.5. The molecule has 3 heteroatoms. The highest BCUT2D eigenvalue weighted by Gasteiger charge is 1.89. The van der Waals surface area contributed by atoms with Crippen molar-refractivity contribution in [3.63, 3.8) is 0 Å². The van der Waals surface area contributed by atoms with E-state index in [0.29, 0.717) is 6.67 Å². The SMILES string of the molecule is [O-][N+]1=CC=CNC1. The molecule has 0 saturated carbocycles. The van der Waals surface area contributed by atoms with Crippen LogP contribution in [0.15, 0.2) is 12.3 Å². The Balaban J connectivity index is 2.57. The molecule has 0 saturated heterocycles. The van der Waals surface area contributed by atoms with Crippen LogP contribution in [0.4, 0.5) is 0 Å². The molecule has 0 radical (unpaired) electrons. The summed E-state index contributed by atoms with van der Waals surface area (Å²) in [5.41, 5.74) is 0. The monoisotopic (exact) mass is 98.0 g/mol. The standard InChI is InChI=1S/C4H6N2O/c7-6-3-1-2-5-4-6/h1-3,5H,4H2. The summed E-state index contributed by atoms with van der Waals surface area (Å²) in [4.78, 5) is 0. The van der Waals surface area contributed by atoms with Crippen LogP contribution in [0.5, 0.6) is 0 Å².